The summed E-state index contributed by atoms with van der Waals surface area (Å²) in [6, 6.07) is 14.6. The lowest BCUT2D eigenvalue weighted by atomic mass is 10.0. The van der Waals surface area contributed by atoms with E-state index < -0.39 is 35.4 Å². The molecular weight excluding hydrogens is 516 g/mol. The average molecular weight is 538 g/mol. The molecule has 0 fully saturated rings. The van der Waals surface area contributed by atoms with E-state index in [1.165, 1.54) is 60.7 Å². The molecule has 3 aromatic carbocycles. The summed E-state index contributed by atoms with van der Waals surface area (Å²) < 4.78 is 30.9. The highest BCUT2D eigenvalue weighted by Gasteiger charge is 2.36. The van der Waals surface area contributed by atoms with E-state index >= 15 is 0 Å². The van der Waals surface area contributed by atoms with E-state index in [2.05, 4.69) is 9.69 Å². The first-order chi connectivity index (χ1) is 18.2. The largest absolute Gasteiger partial charge is 0.508 e. The van der Waals surface area contributed by atoms with Gasteiger partial charge < -0.3 is 21.9 Å². The fourth-order valence-electron chi connectivity index (χ4n) is 3.69. The molecule has 0 bridgehead atoms. The Morgan fingerprint density at radius 2 is 1.53 bits per heavy atom. The maximum atomic E-state index is 13.9. The van der Waals surface area contributed by atoms with Gasteiger partial charge in [0.15, 0.2) is 5.69 Å². The summed E-state index contributed by atoms with van der Waals surface area (Å²) in [6.45, 7) is 0.00760. The minimum absolute atomic E-state index is 0.00760. The summed E-state index contributed by atoms with van der Waals surface area (Å²) in [6.07, 6.45) is 0. The third kappa shape index (κ3) is 5.60. The highest BCUT2D eigenvalue weighted by atomic mass is 32.1. The summed E-state index contributed by atoms with van der Waals surface area (Å²) in [5.74, 6) is -3.45. The number of hydrogen-bond acceptors (Lipinski definition) is 7. The van der Waals surface area contributed by atoms with E-state index in [-0.39, 0.29) is 34.2 Å². The van der Waals surface area contributed by atoms with Crippen molar-refractivity contribution in [3.63, 3.8) is 0 Å². The molecule has 38 heavy (non-hydrogen) atoms. The van der Waals surface area contributed by atoms with Crippen molar-refractivity contribution in [2.75, 3.05) is 10.6 Å². The van der Waals surface area contributed by atoms with Gasteiger partial charge in [-0.1, -0.05) is 24.3 Å². The zero-order valence-corrected chi connectivity index (χ0v) is 20.4. The summed E-state index contributed by atoms with van der Waals surface area (Å²) in [5.41, 5.74) is 11.8. The maximum Gasteiger partial charge on any atom is 0.273 e. The highest BCUT2D eigenvalue weighted by Crippen LogP contribution is 2.33. The first-order valence-corrected chi connectivity index (χ1v) is 11.9. The van der Waals surface area contributed by atoms with Gasteiger partial charge >= 0.3 is 0 Å². The Bertz CT molecular complexity index is 1480. The molecule has 0 aliphatic carbocycles. The molecule has 0 aliphatic rings. The van der Waals surface area contributed by atoms with Crippen LogP contribution in [-0.2, 0) is 11.3 Å². The Morgan fingerprint density at radius 3 is 2.08 bits per heavy atom. The molecule has 0 unspecified atom stereocenters. The van der Waals surface area contributed by atoms with Crippen LogP contribution in [0.1, 0.15) is 37.3 Å². The average Bonchev–Trinajstić information content (AvgIpc) is 3.29. The van der Waals surface area contributed by atoms with Gasteiger partial charge in [0.2, 0.25) is 5.91 Å². The number of carbonyl (C=O) groups excluding carboxylic acids is 3. The number of nitrogens with one attached hydrogen (secondary N) is 1. The van der Waals surface area contributed by atoms with Crippen molar-refractivity contribution in [1.82, 2.24) is 9.69 Å². The van der Waals surface area contributed by atoms with Crippen LogP contribution in [0.15, 0.2) is 72.8 Å². The lowest BCUT2D eigenvalue weighted by Crippen LogP contribution is -2.44. The lowest BCUT2D eigenvalue weighted by molar-refractivity contribution is -0.122. The van der Waals surface area contributed by atoms with Crippen molar-refractivity contribution in [1.29, 1.82) is 0 Å². The minimum atomic E-state index is -1.34. The van der Waals surface area contributed by atoms with Crippen LogP contribution in [0.3, 0.4) is 0 Å². The molecule has 0 aliphatic heterocycles. The third-order valence-electron chi connectivity index (χ3n) is 5.57. The second kappa shape index (κ2) is 11.0. The quantitative estimate of drug-likeness (QED) is 0.270. The summed E-state index contributed by atoms with van der Waals surface area (Å²) >= 11 is 0.629. The van der Waals surface area contributed by atoms with E-state index in [4.69, 9.17) is 11.5 Å². The second-order valence-corrected chi connectivity index (χ2v) is 8.90. The zero-order valence-electron chi connectivity index (χ0n) is 19.6. The zero-order chi connectivity index (χ0) is 27.4. The maximum absolute atomic E-state index is 13.9. The molecule has 4 aromatic rings. The Labute approximate surface area is 219 Å². The van der Waals surface area contributed by atoms with Gasteiger partial charge in [-0.15, -0.1) is 0 Å². The van der Waals surface area contributed by atoms with E-state index in [9.17, 15) is 28.3 Å². The molecule has 9 nitrogen and oxygen atoms in total. The first kappa shape index (κ1) is 26.2. The molecule has 6 N–H and O–H groups in total. The molecule has 1 aromatic heterocycles. The van der Waals surface area contributed by atoms with Crippen molar-refractivity contribution < 1.29 is 28.3 Å². The second-order valence-electron chi connectivity index (χ2n) is 8.13. The number of benzene rings is 3. The van der Waals surface area contributed by atoms with Crippen molar-refractivity contribution in [2.24, 2.45) is 5.73 Å². The molecule has 3 amide bonds. The molecule has 1 heterocycles. The van der Waals surface area contributed by atoms with Gasteiger partial charge in [-0.2, -0.15) is 4.37 Å². The molecular formula is C26H21F2N5O4S. The normalized spacial score (nSPS) is 11.5. The molecule has 0 spiro atoms. The number of aromatic nitrogens is 1. The summed E-state index contributed by atoms with van der Waals surface area (Å²) in [7, 11) is 0. The summed E-state index contributed by atoms with van der Waals surface area (Å²) in [4.78, 5) is 40.1. The number of primary amides is 1. The molecule has 1 atom stereocenters. The van der Waals surface area contributed by atoms with E-state index in [1.807, 2.05) is 0 Å². The number of phenolic OH excluding ortho intramolecular Hbond substituents is 1. The number of nitrogens with two attached hydrogens (primary N) is 2. The number of phenols is 1. The molecule has 12 heteroatoms. The fourth-order valence-corrected chi connectivity index (χ4v) is 4.43. The van der Waals surface area contributed by atoms with Gasteiger partial charge in [0.1, 0.15) is 28.3 Å². The Morgan fingerprint density at radius 1 is 0.947 bits per heavy atom. The van der Waals surface area contributed by atoms with E-state index in [1.54, 1.807) is 0 Å². The molecule has 0 saturated carbocycles. The van der Waals surface area contributed by atoms with Gasteiger partial charge in [0, 0.05) is 12.2 Å². The van der Waals surface area contributed by atoms with Gasteiger partial charge in [-0.05, 0) is 71.2 Å². The van der Waals surface area contributed by atoms with Crippen molar-refractivity contribution in [2.45, 2.75) is 12.6 Å². The number of rotatable bonds is 8. The van der Waals surface area contributed by atoms with Crippen LogP contribution in [0.5, 0.6) is 5.75 Å². The minimum Gasteiger partial charge on any atom is -0.508 e. The number of carbonyl (C=O) groups is 3. The number of nitrogens with zero attached hydrogens (tertiary/aromatic N) is 2. The van der Waals surface area contributed by atoms with Crippen LogP contribution < -0.4 is 21.7 Å². The van der Waals surface area contributed by atoms with Crippen molar-refractivity contribution in [3.8, 4) is 5.75 Å². The number of hydrogen-bond donors (Lipinski definition) is 4. The predicted molar refractivity (Wildman–Crippen MR) is 137 cm³/mol. The number of aromatic hydroxyl groups is 1. The molecule has 4 rings (SSSR count). The third-order valence-corrected chi connectivity index (χ3v) is 6.43. The van der Waals surface area contributed by atoms with Crippen LogP contribution >= 0.6 is 11.5 Å². The monoisotopic (exact) mass is 537 g/mol. The topological polar surface area (TPSA) is 152 Å². The number of anilines is 2. The number of halogens is 2. The highest BCUT2D eigenvalue weighted by molar-refractivity contribution is 7.09. The predicted octanol–water partition coefficient (Wildman–Crippen LogP) is 3.51. The van der Waals surface area contributed by atoms with Gasteiger partial charge in [0.25, 0.3) is 11.8 Å². The van der Waals surface area contributed by atoms with Crippen LogP contribution in [0.2, 0.25) is 0 Å². The Balaban J connectivity index is 1.80. The number of amides is 3. The van der Waals surface area contributed by atoms with Crippen LogP contribution in [0, 0.1) is 11.6 Å². The van der Waals surface area contributed by atoms with Crippen LogP contribution in [0.4, 0.5) is 20.2 Å². The molecule has 0 radical (unpaired) electrons. The molecule has 194 valence electrons. The van der Waals surface area contributed by atoms with E-state index in [0.717, 1.165) is 17.0 Å². The standard InChI is InChI=1S/C26H21F2N5O4S/c27-16-5-1-14(2-6-16)13-31-25(36)22(15-3-11-19(34)12-4-15)33(18-9-7-17(28)8-10-18)26(37)23-20(29)21(24(30)35)32-38-23/h1-12,22,34H,13,29H2,(H2,30,35)(H,31,36)/t22-/m0/s1. The summed E-state index contributed by atoms with van der Waals surface area (Å²) in [5, 5.41) is 12.5. The van der Waals surface area contributed by atoms with Crippen molar-refractivity contribution in [3.05, 3.63) is 106 Å². The van der Waals surface area contributed by atoms with Crippen LogP contribution in [0.25, 0.3) is 0 Å². The first-order valence-electron chi connectivity index (χ1n) is 11.1. The van der Waals surface area contributed by atoms with Gasteiger partial charge in [-0.3, -0.25) is 19.3 Å². The Kier molecular flexibility index (Phi) is 7.63. The Hall–Kier alpha value is -4.84. The van der Waals surface area contributed by atoms with Gasteiger partial charge in [-0.25, -0.2) is 8.78 Å². The smallest absolute Gasteiger partial charge is 0.273 e. The van der Waals surface area contributed by atoms with Crippen molar-refractivity contribution >= 4 is 40.6 Å². The van der Waals surface area contributed by atoms with Gasteiger partial charge in [0.05, 0.1) is 5.69 Å². The van der Waals surface area contributed by atoms with E-state index in [0.29, 0.717) is 22.7 Å². The lowest BCUT2D eigenvalue weighted by Gasteiger charge is -2.31. The number of nitrogen functional groups attached to an aromatic ring is 1. The fraction of sp³-hybridized carbons (Fsp3) is 0.0769. The molecule has 0 saturated heterocycles. The van der Waals surface area contributed by atoms with Crippen LogP contribution in [-0.4, -0.2) is 27.2 Å². The SMILES string of the molecule is NC(=O)c1nsc(C(=O)N(c2ccc(F)cc2)[C@H](C(=O)NCc2ccc(F)cc2)c2ccc(O)cc2)c1N.